The van der Waals surface area contributed by atoms with Gasteiger partial charge in [0.05, 0.1) is 38.5 Å². The number of aliphatic hydroxyl groups excluding tert-OH is 6. The minimum atomic E-state index is -1.46. The highest BCUT2D eigenvalue weighted by atomic mass is 16.7. The molecule has 0 aromatic rings. The van der Waals surface area contributed by atoms with Gasteiger partial charge in [0.15, 0.2) is 12.6 Å². The van der Waals surface area contributed by atoms with Crippen LogP contribution in [-0.2, 0) is 33.3 Å². The van der Waals surface area contributed by atoms with E-state index in [1.807, 2.05) is 0 Å². The standard InChI is InChI=1S/C29H53N3O13/c1-4-19(33)15-30-31-21(35)10-8-6-5-7-9-20(34)16-32(11-13-42-28-26(40)24(38)22(36)17(2)44-28)12-14-43-29-27(41)25(39)23(37)18(3)45-29/h17-18,22-30,36-41H,4-16H2,1-3H3,(H,31,35)/t17-,18-,22+,23+,24+,25+,26-,27-,28+,29+/m0/s1. The summed E-state index contributed by atoms with van der Waals surface area (Å²) in [5, 5.41) is 60.2. The third-order valence-corrected chi connectivity index (χ3v) is 7.91. The van der Waals surface area contributed by atoms with Crippen LogP contribution < -0.4 is 10.9 Å². The molecule has 0 bridgehead atoms. The van der Waals surface area contributed by atoms with Crippen molar-refractivity contribution >= 4 is 17.5 Å². The Balaban J connectivity index is 1.78. The Morgan fingerprint density at radius 1 is 0.689 bits per heavy atom. The lowest BCUT2D eigenvalue weighted by Crippen LogP contribution is -2.57. The highest BCUT2D eigenvalue weighted by Crippen LogP contribution is 2.23. The van der Waals surface area contributed by atoms with Crippen LogP contribution in [0.4, 0.5) is 0 Å². The molecule has 0 spiro atoms. The number of carbonyl (C=O) groups is 3. The zero-order chi connectivity index (χ0) is 33.5. The van der Waals surface area contributed by atoms with Gasteiger partial charge in [-0.05, 0) is 26.7 Å². The first kappa shape index (κ1) is 39.5. The topological polar surface area (TPSA) is 237 Å². The molecule has 45 heavy (non-hydrogen) atoms. The van der Waals surface area contributed by atoms with Crippen LogP contribution in [0.15, 0.2) is 0 Å². The minimum Gasteiger partial charge on any atom is -0.388 e. The number of hydrogen-bond acceptors (Lipinski definition) is 15. The molecular weight excluding hydrogens is 598 g/mol. The van der Waals surface area contributed by atoms with Crippen LogP contribution in [-0.4, -0.2) is 154 Å². The number of unbranched alkanes of at least 4 members (excludes halogenated alkanes) is 3. The molecule has 0 unspecified atom stereocenters. The molecule has 0 aliphatic carbocycles. The van der Waals surface area contributed by atoms with E-state index in [-0.39, 0.29) is 56.9 Å². The number of carbonyl (C=O) groups excluding carboxylic acids is 3. The third-order valence-electron chi connectivity index (χ3n) is 7.91. The maximum Gasteiger partial charge on any atom is 0.234 e. The van der Waals surface area contributed by atoms with Crippen LogP contribution in [0.25, 0.3) is 0 Å². The van der Waals surface area contributed by atoms with Crippen molar-refractivity contribution in [2.75, 3.05) is 39.4 Å². The average molecular weight is 652 g/mol. The molecule has 16 heteroatoms. The zero-order valence-electron chi connectivity index (χ0n) is 26.5. The van der Waals surface area contributed by atoms with E-state index >= 15 is 0 Å². The number of Topliss-reactive ketones (excluding diaryl/α,β-unsaturated/α-hetero) is 2. The van der Waals surface area contributed by atoms with E-state index in [1.54, 1.807) is 25.7 Å². The second-order valence-electron chi connectivity index (χ2n) is 11.6. The van der Waals surface area contributed by atoms with Crippen molar-refractivity contribution in [3.05, 3.63) is 0 Å². The second-order valence-corrected chi connectivity index (χ2v) is 11.6. The molecule has 10 atom stereocenters. The molecule has 2 aliphatic heterocycles. The first-order valence-corrected chi connectivity index (χ1v) is 15.8. The summed E-state index contributed by atoms with van der Waals surface area (Å²) >= 11 is 0. The van der Waals surface area contributed by atoms with Gasteiger partial charge in [0, 0.05) is 32.4 Å². The van der Waals surface area contributed by atoms with Gasteiger partial charge in [-0.2, -0.15) is 0 Å². The monoisotopic (exact) mass is 651 g/mol. The molecule has 0 saturated carbocycles. The molecule has 1 amide bonds. The molecule has 0 aromatic heterocycles. The molecule has 16 nitrogen and oxygen atoms in total. The van der Waals surface area contributed by atoms with Gasteiger partial charge in [-0.15, -0.1) is 0 Å². The van der Waals surface area contributed by atoms with E-state index in [0.717, 1.165) is 12.8 Å². The largest absolute Gasteiger partial charge is 0.388 e. The summed E-state index contributed by atoms with van der Waals surface area (Å²) in [6, 6.07) is 0. The molecule has 0 aromatic carbocycles. The fourth-order valence-electron chi connectivity index (χ4n) is 4.89. The van der Waals surface area contributed by atoms with Gasteiger partial charge in [-0.1, -0.05) is 19.8 Å². The van der Waals surface area contributed by atoms with Crippen LogP contribution in [0.3, 0.4) is 0 Å². The predicted molar refractivity (Wildman–Crippen MR) is 157 cm³/mol. The van der Waals surface area contributed by atoms with Gasteiger partial charge in [0.1, 0.15) is 48.2 Å². The van der Waals surface area contributed by atoms with E-state index < -0.39 is 61.4 Å². The van der Waals surface area contributed by atoms with E-state index in [9.17, 15) is 45.0 Å². The van der Waals surface area contributed by atoms with Crippen LogP contribution in [0.2, 0.25) is 0 Å². The van der Waals surface area contributed by atoms with Crippen molar-refractivity contribution in [3.8, 4) is 0 Å². The van der Waals surface area contributed by atoms with Crippen LogP contribution in [0, 0.1) is 0 Å². The van der Waals surface area contributed by atoms with E-state index in [4.69, 9.17) is 18.9 Å². The van der Waals surface area contributed by atoms with Gasteiger partial charge < -0.3 is 49.6 Å². The molecule has 2 aliphatic rings. The van der Waals surface area contributed by atoms with Crippen molar-refractivity contribution in [1.29, 1.82) is 0 Å². The SMILES string of the molecule is CCC(=O)CNNC(=O)CCCCCCC(=O)CN(CCO[C@@H]1O[C@@H](C)[C@@H](O)[C@@H](O)[C@@H]1O)CCO[C@@H]1O[C@@H](C)[C@@H](O)[C@@H](O)[C@@H]1O. The Labute approximate surface area is 263 Å². The number of amides is 1. The number of rotatable bonds is 21. The Hall–Kier alpha value is -1.67. The highest BCUT2D eigenvalue weighted by molar-refractivity contribution is 5.81. The molecule has 2 rings (SSSR count). The van der Waals surface area contributed by atoms with Gasteiger partial charge in [0.2, 0.25) is 5.91 Å². The highest BCUT2D eigenvalue weighted by Gasteiger charge is 2.43. The maximum absolute atomic E-state index is 12.8. The van der Waals surface area contributed by atoms with E-state index in [0.29, 0.717) is 32.1 Å². The molecule has 0 radical (unpaired) electrons. The summed E-state index contributed by atoms with van der Waals surface area (Å²) in [6.07, 6.45) is -8.42. The van der Waals surface area contributed by atoms with Gasteiger partial charge in [-0.25, -0.2) is 5.43 Å². The molecule has 262 valence electrons. The molecule has 2 saturated heterocycles. The van der Waals surface area contributed by atoms with E-state index in [1.165, 1.54) is 0 Å². The number of aliphatic hydroxyl groups is 6. The Morgan fingerprint density at radius 3 is 1.67 bits per heavy atom. The summed E-state index contributed by atoms with van der Waals surface area (Å²) in [5.41, 5.74) is 5.10. The van der Waals surface area contributed by atoms with Gasteiger partial charge in [-0.3, -0.25) is 24.7 Å². The second kappa shape index (κ2) is 20.5. The van der Waals surface area contributed by atoms with Crippen molar-refractivity contribution in [3.63, 3.8) is 0 Å². The smallest absolute Gasteiger partial charge is 0.234 e. The molecular formula is C29H53N3O13. The first-order valence-electron chi connectivity index (χ1n) is 15.8. The Morgan fingerprint density at radius 2 is 1.18 bits per heavy atom. The fraction of sp³-hybridized carbons (Fsp3) is 0.897. The molecule has 8 N–H and O–H groups in total. The minimum absolute atomic E-state index is 0.00178. The number of nitrogens with zero attached hydrogens (tertiary/aromatic N) is 1. The van der Waals surface area contributed by atoms with E-state index in [2.05, 4.69) is 10.9 Å². The number of nitrogens with one attached hydrogen (secondary N) is 2. The number of ketones is 2. The summed E-state index contributed by atoms with van der Waals surface area (Å²) in [7, 11) is 0. The maximum atomic E-state index is 12.8. The first-order chi connectivity index (χ1) is 21.3. The normalized spacial score (nSPS) is 32.0. The number of hydrazine groups is 1. The number of ether oxygens (including phenoxy) is 4. The lowest BCUT2D eigenvalue weighted by molar-refractivity contribution is -0.295. The molecule has 2 fully saturated rings. The lowest BCUT2D eigenvalue weighted by Gasteiger charge is -2.39. The molecule has 2 heterocycles. The fourth-order valence-corrected chi connectivity index (χ4v) is 4.89. The van der Waals surface area contributed by atoms with Crippen molar-refractivity contribution < 1.29 is 64.0 Å². The zero-order valence-corrected chi connectivity index (χ0v) is 26.5. The summed E-state index contributed by atoms with van der Waals surface area (Å²) < 4.78 is 22.2. The van der Waals surface area contributed by atoms with Gasteiger partial charge >= 0.3 is 0 Å². The Kier molecular flexibility index (Phi) is 18.0. The third kappa shape index (κ3) is 13.5. The summed E-state index contributed by atoms with van der Waals surface area (Å²) in [4.78, 5) is 37.6. The number of hydrogen-bond donors (Lipinski definition) is 8. The Bertz CT molecular complexity index is 859. The summed E-state index contributed by atoms with van der Waals surface area (Å²) in [5.74, 6) is -0.245. The van der Waals surface area contributed by atoms with Crippen LogP contribution in [0.5, 0.6) is 0 Å². The average Bonchev–Trinajstić information content (AvgIpc) is 3.01. The lowest BCUT2D eigenvalue weighted by atomic mass is 10.0. The summed E-state index contributed by atoms with van der Waals surface area (Å²) in [6.45, 7) is 5.43. The van der Waals surface area contributed by atoms with Gasteiger partial charge in [0.25, 0.3) is 0 Å². The van der Waals surface area contributed by atoms with Crippen LogP contribution in [0.1, 0.15) is 65.7 Å². The van der Waals surface area contributed by atoms with Crippen molar-refractivity contribution in [2.45, 2.75) is 127 Å². The van der Waals surface area contributed by atoms with Crippen molar-refractivity contribution in [1.82, 2.24) is 15.8 Å². The predicted octanol–water partition coefficient (Wildman–Crippen LogP) is -2.51. The van der Waals surface area contributed by atoms with Crippen LogP contribution >= 0.6 is 0 Å². The quantitative estimate of drug-likeness (QED) is 0.0472. The van der Waals surface area contributed by atoms with Crippen molar-refractivity contribution in [2.24, 2.45) is 0 Å².